The number of aromatic nitrogens is 4. The summed E-state index contributed by atoms with van der Waals surface area (Å²) in [7, 11) is 0. The Morgan fingerprint density at radius 3 is 2.62 bits per heavy atom. The second-order valence-electron chi connectivity index (χ2n) is 6.80. The van der Waals surface area contributed by atoms with E-state index in [0.717, 1.165) is 6.20 Å². The molecular formula is C18H18F6N6O2. The third kappa shape index (κ3) is 5.43. The Bertz CT molecular complexity index is 1000. The van der Waals surface area contributed by atoms with Gasteiger partial charge in [0.2, 0.25) is 5.95 Å². The quantitative estimate of drug-likeness (QED) is 0.317. The van der Waals surface area contributed by atoms with Gasteiger partial charge < -0.3 is 10.4 Å². The topological polar surface area (TPSA) is 105 Å². The number of anilines is 3. The lowest BCUT2D eigenvalue weighted by Crippen LogP contribution is -2.37. The van der Waals surface area contributed by atoms with Crippen LogP contribution in [-0.2, 0) is 11.0 Å². The highest BCUT2D eigenvalue weighted by Crippen LogP contribution is 2.41. The summed E-state index contributed by atoms with van der Waals surface area (Å²) >= 11 is 0. The summed E-state index contributed by atoms with van der Waals surface area (Å²) in [6.45, 7) is 2.06. The average molecular weight is 464 g/mol. The largest absolute Gasteiger partial charge is 0.433 e. The summed E-state index contributed by atoms with van der Waals surface area (Å²) in [4.78, 5) is 20.1. The molecule has 0 amide bonds. The normalized spacial score (nSPS) is 18.6. The Morgan fingerprint density at radius 1 is 1.22 bits per heavy atom. The zero-order valence-corrected chi connectivity index (χ0v) is 16.5. The van der Waals surface area contributed by atoms with Gasteiger partial charge in [-0.1, -0.05) is 6.92 Å². The highest BCUT2D eigenvalue weighted by atomic mass is 19.4. The van der Waals surface area contributed by atoms with Crippen LogP contribution >= 0.6 is 0 Å². The Morgan fingerprint density at radius 2 is 1.94 bits per heavy atom. The van der Waals surface area contributed by atoms with E-state index in [1.54, 1.807) is 0 Å². The van der Waals surface area contributed by atoms with E-state index < -0.39 is 42.6 Å². The van der Waals surface area contributed by atoms with Gasteiger partial charge in [-0.05, 0) is 25.0 Å². The number of alkyl halides is 5. The lowest BCUT2D eigenvalue weighted by Gasteiger charge is -2.27. The lowest BCUT2D eigenvalue weighted by molar-refractivity contribution is -0.141. The van der Waals surface area contributed by atoms with Crippen molar-refractivity contribution in [2.24, 2.45) is 0 Å². The van der Waals surface area contributed by atoms with Crippen molar-refractivity contribution >= 4 is 23.2 Å². The van der Waals surface area contributed by atoms with Crippen LogP contribution < -0.4 is 10.8 Å². The highest BCUT2D eigenvalue weighted by Gasteiger charge is 2.46. The molecule has 3 rings (SSSR count). The molecule has 0 spiro atoms. The van der Waals surface area contributed by atoms with Crippen LogP contribution in [0.1, 0.15) is 37.7 Å². The van der Waals surface area contributed by atoms with E-state index >= 15 is 0 Å². The van der Waals surface area contributed by atoms with E-state index in [1.807, 2.05) is 6.92 Å². The first-order chi connectivity index (χ1) is 15.0. The van der Waals surface area contributed by atoms with Crippen molar-refractivity contribution in [3.05, 3.63) is 35.7 Å². The average Bonchev–Trinajstić information content (AvgIpc) is 2.72. The molecule has 0 bridgehead atoms. The zero-order chi connectivity index (χ0) is 23.5. The minimum absolute atomic E-state index is 0.0884. The fourth-order valence-electron chi connectivity index (χ4n) is 2.74. The fraction of sp³-hybridized carbons (Fsp3) is 0.444. The second kappa shape index (κ2) is 9.24. The smallest absolute Gasteiger partial charge is 0.380 e. The molecule has 2 aromatic heterocycles. The number of allylic oxidation sites excluding steroid dienone is 1. The monoisotopic (exact) mass is 464 g/mol. The maximum atomic E-state index is 14.4. The summed E-state index contributed by atoms with van der Waals surface area (Å²) in [6.07, 6.45) is -7.16. The van der Waals surface area contributed by atoms with Gasteiger partial charge in [0, 0.05) is 23.9 Å². The Balaban J connectivity index is 1.98. The molecule has 2 heterocycles. The van der Waals surface area contributed by atoms with Crippen molar-refractivity contribution in [3.63, 3.8) is 0 Å². The molecule has 3 N–H and O–H groups in total. The predicted molar refractivity (Wildman–Crippen MR) is 100 cm³/mol. The van der Waals surface area contributed by atoms with Gasteiger partial charge in [-0.25, -0.2) is 18.7 Å². The summed E-state index contributed by atoms with van der Waals surface area (Å²) in [6, 6.07) is 1.92. The lowest BCUT2D eigenvalue weighted by atomic mass is 9.92. The van der Waals surface area contributed by atoms with Crippen molar-refractivity contribution in [1.82, 2.24) is 19.9 Å². The van der Waals surface area contributed by atoms with Crippen LogP contribution in [-0.4, -0.2) is 43.7 Å². The van der Waals surface area contributed by atoms with Crippen molar-refractivity contribution in [1.29, 1.82) is 0 Å². The van der Waals surface area contributed by atoms with Crippen LogP contribution in [0.4, 0.5) is 43.9 Å². The van der Waals surface area contributed by atoms with E-state index in [4.69, 9.17) is 4.84 Å². The van der Waals surface area contributed by atoms with Crippen molar-refractivity contribution in [2.75, 3.05) is 17.4 Å². The molecule has 1 unspecified atom stereocenters. The molecular weight excluding hydrogens is 446 g/mol. The molecule has 1 atom stereocenters. The molecule has 0 saturated heterocycles. The van der Waals surface area contributed by atoms with Gasteiger partial charge >= 0.3 is 6.18 Å². The number of aliphatic hydroxyl groups is 1. The van der Waals surface area contributed by atoms with Gasteiger partial charge in [0.15, 0.2) is 11.9 Å². The van der Waals surface area contributed by atoms with E-state index in [9.17, 15) is 31.4 Å². The van der Waals surface area contributed by atoms with E-state index in [1.165, 1.54) is 6.07 Å². The summed E-state index contributed by atoms with van der Waals surface area (Å²) in [5, 5.41) is 12.1. The molecule has 0 radical (unpaired) electrons. The Kier molecular flexibility index (Phi) is 6.83. The third-order valence-electron chi connectivity index (χ3n) is 4.32. The predicted octanol–water partition coefficient (Wildman–Crippen LogP) is 4.25. The fourth-order valence-corrected chi connectivity index (χ4v) is 2.74. The number of nitrogens with zero attached hydrogens (tertiary/aromatic N) is 4. The second-order valence-corrected chi connectivity index (χ2v) is 6.80. The molecule has 14 heteroatoms. The van der Waals surface area contributed by atoms with Gasteiger partial charge in [0.1, 0.15) is 11.5 Å². The first-order valence-corrected chi connectivity index (χ1v) is 9.40. The van der Waals surface area contributed by atoms with Crippen molar-refractivity contribution in [3.8, 4) is 0 Å². The number of hydrogen-bond acceptors (Lipinski definition) is 8. The van der Waals surface area contributed by atoms with Crippen LogP contribution in [0.2, 0.25) is 0 Å². The summed E-state index contributed by atoms with van der Waals surface area (Å²) in [5.41, 5.74) is 0.740. The minimum Gasteiger partial charge on any atom is -0.380 e. The molecule has 2 aromatic rings. The van der Waals surface area contributed by atoms with Crippen molar-refractivity contribution < 1.29 is 36.3 Å². The maximum Gasteiger partial charge on any atom is 0.433 e. The van der Waals surface area contributed by atoms with Gasteiger partial charge in [-0.15, -0.1) is 0 Å². The minimum atomic E-state index is -4.69. The maximum absolute atomic E-state index is 14.4. The zero-order valence-electron chi connectivity index (χ0n) is 16.5. The number of hydrogen-bond donors (Lipinski definition) is 3. The Labute approximate surface area is 177 Å². The van der Waals surface area contributed by atoms with Crippen LogP contribution in [0.15, 0.2) is 24.2 Å². The molecule has 0 fully saturated rings. The molecule has 1 aliphatic carbocycles. The van der Waals surface area contributed by atoms with Gasteiger partial charge in [-0.2, -0.15) is 28.1 Å². The molecule has 0 aliphatic heterocycles. The van der Waals surface area contributed by atoms with Crippen LogP contribution in [0.5, 0.6) is 0 Å². The van der Waals surface area contributed by atoms with Crippen molar-refractivity contribution in [2.45, 2.75) is 44.4 Å². The van der Waals surface area contributed by atoms with E-state index in [2.05, 4.69) is 30.7 Å². The summed E-state index contributed by atoms with van der Waals surface area (Å²) < 4.78 is 80.4. The first kappa shape index (κ1) is 23.7. The van der Waals surface area contributed by atoms with Crippen LogP contribution in [0, 0.1) is 0 Å². The van der Waals surface area contributed by atoms with Gasteiger partial charge in [0.25, 0.3) is 11.9 Å². The third-order valence-corrected chi connectivity index (χ3v) is 4.32. The molecule has 0 saturated carbocycles. The highest BCUT2D eigenvalue weighted by molar-refractivity contribution is 5.66. The van der Waals surface area contributed by atoms with E-state index in [0.29, 0.717) is 12.5 Å². The Hall–Kier alpha value is -3.00. The van der Waals surface area contributed by atoms with Gasteiger partial charge in [0.05, 0.1) is 6.61 Å². The number of aliphatic hydroxyl groups excluding tert-OH is 1. The number of halogens is 6. The first-order valence-electron chi connectivity index (χ1n) is 9.40. The summed E-state index contributed by atoms with van der Waals surface area (Å²) in [5.74, 6) is -6.10. The van der Waals surface area contributed by atoms with Gasteiger partial charge in [-0.3, -0.25) is 9.82 Å². The SMILES string of the molecule is CCCONc1nc(Nc2ccnc(C(F)(F)F)c2)nc(C2=C(F)C(O)C(F)(F)CC2)n1. The number of pyridine rings is 1. The molecule has 8 nitrogen and oxygen atoms in total. The molecule has 0 aromatic carbocycles. The molecule has 174 valence electrons. The number of nitrogens with one attached hydrogen (secondary N) is 2. The molecule has 1 aliphatic rings. The molecule has 32 heavy (non-hydrogen) atoms. The van der Waals surface area contributed by atoms with Crippen LogP contribution in [0.25, 0.3) is 5.57 Å². The van der Waals surface area contributed by atoms with Crippen LogP contribution in [0.3, 0.4) is 0 Å². The standard InChI is InChI=1S/C18H18F6N6O2/c1-2-7-32-30-16-28-14(10-3-5-17(20,21)13(31)12(10)19)27-15(29-16)26-9-4-6-25-11(8-9)18(22,23)24/h4,6,8,13,31H,2-3,5,7H2,1H3,(H2,25,26,27,28,29,30). The van der Waals surface area contributed by atoms with E-state index in [-0.39, 0.29) is 35.6 Å². The number of rotatable bonds is 7.